The quantitative estimate of drug-likeness (QED) is 0.570. The maximum absolute atomic E-state index is 13.2. The van der Waals surface area contributed by atoms with Crippen LogP contribution in [-0.2, 0) is 16.9 Å². The minimum atomic E-state index is -1.98. The summed E-state index contributed by atoms with van der Waals surface area (Å²) >= 11 is 3.23. The molecule has 1 aliphatic rings. The molecule has 0 aliphatic carbocycles. The van der Waals surface area contributed by atoms with Crippen molar-refractivity contribution in [3.8, 4) is 5.75 Å². The second-order valence-electron chi connectivity index (χ2n) is 7.02. The molecule has 29 heavy (non-hydrogen) atoms. The number of rotatable bonds is 5. The third kappa shape index (κ3) is 3.45. The first-order valence-corrected chi connectivity index (χ1v) is 9.89. The molecule has 0 aromatic heterocycles. The molecule has 1 atom stereocenters. The van der Waals surface area contributed by atoms with Crippen molar-refractivity contribution in [2.45, 2.75) is 18.6 Å². The third-order valence-corrected chi connectivity index (χ3v) is 5.59. The largest absolute Gasteiger partial charge is 0.507 e. The fraction of sp³-hybridized carbons (Fsp3) is 0.130. The van der Waals surface area contributed by atoms with Gasteiger partial charge in [0.15, 0.2) is 11.4 Å². The van der Waals surface area contributed by atoms with Crippen molar-refractivity contribution in [2.24, 2.45) is 0 Å². The lowest BCUT2D eigenvalue weighted by Crippen LogP contribution is -2.41. The summed E-state index contributed by atoms with van der Waals surface area (Å²) in [5.41, 5.74) is -0.0325. The number of hydrogen-bond acceptors (Lipinski definition) is 4. The predicted molar refractivity (Wildman–Crippen MR) is 113 cm³/mol. The van der Waals surface area contributed by atoms with E-state index in [0.29, 0.717) is 15.7 Å². The van der Waals surface area contributed by atoms with Crippen LogP contribution in [0.2, 0.25) is 0 Å². The molecule has 3 aromatic rings. The zero-order valence-electron chi connectivity index (χ0n) is 15.4. The van der Waals surface area contributed by atoms with Gasteiger partial charge in [0.1, 0.15) is 5.75 Å². The molecule has 0 saturated carbocycles. The number of benzene rings is 3. The van der Waals surface area contributed by atoms with Gasteiger partial charge in [-0.1, -0.05) is 64.5 Å². The monoisotopic (exact) mass is 451 g/mol. The lowest BCUT2D eigenvalue weighted by Gasteiger charge is -2.23. The van der Waals surface area contributed by atoms with Gasteiger partial charge in [-0.25, -0.2) is 0 Å². The zero-order chi connectivity index (χ0) is 20.6. The van der Waals surface area contributed by atoms with E-state index in [1.807, 2.05) is 30.3 Å². The second-order valence-corrected chi connectivity index (χ2v) is 7.93. The molecular weight excluding hydrogens is 434 g/mol. The summed E-state index contributed by atoms with van der Waals surface area (Å²) < 4.78 is 0.626. The van der Waals surface area contributed by atoms with Gasteiger partial charge in [-0.15, -0.1) is 0 Å². The number of fused-ring (bicyclic) bond motifs is 1. The Labute approximate surface area is 176 Å². The number of carbonyl (C=O) groups excluding carboxylic acids is 2. The number of phenolic OH excluding ortho intramolecular Hbond substituents is 1. The lowest BCUT2D eigenvalue weighted by molar-refractivity contribution is -0.136. The van der Waals surface area contributed by atoms with Crippen LogP contribution in [-0.4, -0.2) is 21.9 Å². The van der Waals surface area contributed by atoms with Crippen LogP contribution in [0, 0.1) is 0 Å². The number of Topliss-reactive ketones (excluding diaryl/α,β-unsaturated/α-hetero) is 1. The van der Waals surface area contributed by atoms with Gasteiger partial charge in [0, 0.05) is 10.0 Å². The topological polar surface area (TPSA) is 77.8 Å². The molecule has 3 aromatic carbocycles. The maximum Gasteiger partial charge on any atom is 0.264 e. The van der Waals surface area contributed by atoms with Crippen molar-refractivity contribution < 1.29 is 19.8 Å². The van der Waals surface area contributed by atoms with Gasteiger partial charge in [0.2, 0.25) is 0 Å². The summed E-state index contributed by atoms with van der Waals surface area (Å²) in [7, 11) is 0. The summed E-state index contributed by atoms with van der Waals surface area (Å²) in [5.74, 6) is -1.26. The van der Waals surface area contributed by atoms with E-state index in [-0.39, 0.29) is 17.9 Å². The second kappa shape index (κ2) is 7.46. The number of amides is 1. The number of para-hydroxylation sites is 1. The van der Waals surface area contributed by atoms with Crippen molar-refractivity contribution in [3.05, 3.63) is 94.0 Å². The Kier molecular flexibility index (Phi) is 4.98. The summed E-state index contributed by atoms with van der Waals surface area (Å²) in [6, 6.07) is 20.9. The van der Waals surface area contributed by atoms with Crippen LogP contribution in [0.25, 0.3) is 0 Å². The number of halogens is 1. The molecule has 4 rings (SSSR count). The van der Waals surface area contributed by atoms with Crippen molar-refractivity contribution in [3.63, 3.8) is 0 Å². The number of aromatic hydroxyl groups is 1. The van der Waals surface area contributed by atoms with Crippen LogP contribution in [0.3, 0.4) is 0 Å². The molecule has 1 amide bonds. The Balaban J connectivity index is 1.69. The highest BCUT2D eigenvalue weighted by Crippen LogP contribution is 2.44. The summed E-state index contributed by atoms with van der Waals surface area (Å²) in [4.78, 5) is 27.6. The van der Waals surface area contributed by atoms with Gasteiger partial charge < -0.3 is 15.1 Å². The van der Waals surface area contributed by atoms with E-state index >= 15 is 0 Å². The average Bonchev–Trinajstić information content (AvgIpc) is 2.91. The van der Waals surface area contributed by atoms with Crippen LogP contribution in [0.15, 0.2) is 77.3 Å². The van der Waals surface area contributed by atoms with E-state index in [1.165, 1.54) is 17.0 Å². The molecule has 146 valence electrons. The lowest BCUT2D eigenvalue weighted by atomic mass is 9.88. The van der Waals surface area contributed by atoms with Crippen molar-refractivity contribution >= 4 is 33.3 Å². The van der Waals surface area contributed by atoms with Crippen LogP contribution in [0.5, 0.6) is 5.75 Å². The molecule has 0 radical (unpaired) electrons. The molecule has 1 unspecified atom stereocenters. The van der Waals surface area contributed by atoms with Crippen LogP contribution in [0.4, 0.5) is 5.69 Å². The van der Waals surface area contributed by atoms with E-state index < -0.39 is 23.7 Å². The van der Waals surface area contributed by atoms with Crippen molar-refractivity contribution in [1.29, 1.82) is 0 Å². The average molecular weight is 452 g/mol. The fourth-order valence-corrected chi connectivity index (χ4v) is 4.02. The first-order valence-electron chi connectivity index (χ1n) is 9.09. The highest BCUT2D eigenvalue weighted by Gasteiger charge is 2.50. The van der Waals surface area contributed by atoms with Gasteiger partial charge in [0.05, 0.1) is 24.2 Å². The number of ketones is 1. The molecule has 1 aliphatic heterocycles. The number of carbonyl (C=O) groups is 2. The molecular formula is C23H18BrNO4. The van der Waals surface area contributed by atoms with E-state index in [9.17, 15) is 19.8 Å². The number of aliphatic hydroxyl groups is 1. The first kappa shape index (κ1) is 19.4. The highest BCUT2D eigenvalue weighted by molar-refractivity contribution is 9.10. The van der Waals surface area contributed by atoms with E-state index in [0.717, 1.165) is 5.56 Å². The standard InChI is InChI=1S/C23H18BrNO4/c24-16-10-11-17(20(26)12-16)21(27)13-23(29)18-8-4-5-9-19(18)25(22(23)28)14-15-6-2-1-3-7-15/h1-12,26,29H,13-14H2. The Morgan fingerprint density at radius 1 is 1.00 bits per heavy atom. The fourth-order valence-electron chi connectivity index (χ4n) is 3.67. The summed E-state index contributed by atoms with van der Waals surface area (Å²) in [6.07, 6.45) is -0.455. The van der Waals surface area contributed by atoms with Gasteiger partial charge in [-0.3, -0.25) is 9.59 Å². The van der Waals surface area contributed by atoms with Crippen LogP contribution in [0.1, 0.15) is 27.9 Å². The molecule has 6 heteroatoms. The number of nitrogens with zero attached hydrogens (tertiary/aromatic N) is 1. The predicted octanol–water partition coefficient (Wildman–Crippen LogP) is 4.16. The minimum Gasteiger partial charge on any atom is -0.507 e. The zero-order valence-corrected chi connectivity index (χ0v) is 17.0. The van der Waals surface area contributed by atoms with Crippen LogP contribution < -0.4 is 4.90 Å². The van der Waals surface area contributed by atoms with E-state index in [1.54, 1.807) is 30.3 Å². The molecule has 1 heterocycles. The Morgan fingerprint density at radius 3 is 2.41 bits per heavy atom. The van der Waals surface area contributed by atoms with Crippen LogP contribution >= 0.6 is 15.9 Å². The normalized spacial score (nSPS) is 18.0. The van der Waals surface area contributed by atoms with E-state index in [4.69, 9.17) is 0 Å². The third-order valence-electron chi connectivity index (χ3n) is 5.10. The van der Waals surface area contributed by atoms with Gasteiger partial charge >= 0.3 is 0 Å². The molecule has 0 saturated heterocycles. The number of phenols is 1. The minimum absolute atomic E-state index is 0.0633. The SMILES string of the molecule is O=C(CC1(O)C(=O)N(Cc2ccccc2)c2ccccc21)c1ccc(Br)cc1O. The Morgan fingerprint density at radius 2 is 1.69 bits per heavy atom. The smallest absolute Gasteiger partial charge is 0.264 e. The summed E-state index contributed by atoms with van der Waals surface area (Å²) in [5, 5.41) is 21.4. The first-order chi connectivity index (χ1) is 13.9. The number of hydrogen-bond donors (Lipinski definition) is 2. The highest BCUT2D eigenvalue weighted by atomic mass is 79.9. The maximum atomic E-state index is 13.2. The Bertz CT molecular complexity index is 1100. The van der Waals surface area contributed by atoms with Gasteiger partial charge in [-0.05, 0) is 29.8 Å². The molecule has 5 nitrogen and oxygen atoms in total. The van der Waals surface area contributed by atoms with Gasteiger partial charge in [0.25, 0.3) is 5.91 Å². The van der Waals surface area contributed by atoms with Crippen molar-refractivity contribution in [2.75, 3.05) is 4.90 Å². The Hall–Kier alpha value is -2.96. The molecule has 0 spiro atoms. The van der Waals surface area contributed by atoms with E-state index in [2.05, 4.69) is 15.9 Å². The number of anilines is 1. The molecule has 2 N–H and O–H groups in total. The molecule has 0 fully saturated rings. The van der Waals surface area contributed by atoms with Gasteiger partial charge in [-0.2, -0.15) is 0 Å². The summed E-state index contributed by atoms with van der Waals surface area (Å²) in [6.45, 7) is 0.288. The molecule has 0 bridgehead atoms. The van der Waals surface area contributed by atoms with Crippen molar-refractivity contribution in [1.82, 2.24) is 0 Å².